The number of amides is 2. The second-order valence-electron chi connectivity index (χ2n) is 9.89. The number of anilines is 1. The largest absolute Gasteiger partial charge is 0.384 e. The summed E-state index contributed by atoms with van der Waals surface area (Å²) in [6.45, 7) is 7.31. The Morgan fingerprint density at radius 1 is 1.23 bits per heavy atom. The summed E-state index contributed by atoms with van der Waals surface area (Å²) in [5.41, 5.74) is 2.11. The second kappa shape index (κ2) is 7.97. The van der Waals surface area contributed by atoms with E-state index < -0.39 is 0 Å². The number of methoxy groups -OCH3 is 1. The van der Waals surface area contributed by atoms with Gasteiger partial charge in [0.15, 0.2) is 0 Å². The third-order valence-electron chi connectivity index (χ3n) is 7.90. The number of rotatable bonds is 6. The number of nitrogens with one attached hydrogen (secondary N) is 2. The summed E-state index contributed by atoms with van der Waals surface area (Å²) >= 11 is 0. The molecule has 2 saturated carbocycles. The molecule has 5 atom stereocenters. The number of carbonyl (C=O) groups excluding carboxylic acids is 2. The van der Waals surface area contributed by atoms with E-state index >= 15 is 0 Å². The van der Waals surface area contributed by atoms with Crippen molar-refractivity contribution in [1.82, 2.24) is 5.32 Å². The lowest BCUT2D eigenvalue weighted by molar-refractivity contribution is -0.137. The van der Waals surface area contributed by atoms with E-state index in [0.29, 0.717) is 31.5 Å². The third kappa shape index (κ3) is 3.54. The quantitative estimate of drug-likeness (QED) is 0.744. The number of fused-ring (bicyclic) bond motifs is 1. The molecule has 1 heterocycles. The minimum absolute atomic E-state index is 0.0320. The molecule has 0 aromatic heterocycles. The van der Waals surface area contributed by atoms with Crippen LogP contribution in [0.15, 0.2) is 24.3 Å². The van der Waals surface area contributed by atoms with Gasteiger partial charge in [-0.15, -0.1) is 0 Å². The topological polar surface area (TPSA) is 76.7 Å². The van der Waals surface area contributed by atoms with Crippen LogP contribution in [0.25, 0.3) is 0 Å². The number of hydrogen-bond donors (Lipinski definition) is 2. The lowest BCUT2D eigenvalue weighted by Crippen LogP contribution is -2.59. The highest BCUT2D eigenvalue weighted by molar-refractivity contribution is 5.88. The maximum atomic E-state index is 12.6. The Morgan fingerprint density at radius 3 is 2.63 bits per heavy atom. The third-order valence-corrected chi connectivity index (χ3v) is 7.90. The van der Waals surface area contributed by atoms with Crippen molar-refractivity contribution in [3.8, 4) is 0 Å². The van der Waals surface area contributed by atoms with Gasteiger partial charge in [0.2, 0.25) is 11.8 Å². The molecule has 6 heteroatoms. The van der Waals surface area contributed by atoms with E-state index in [-0.39, 0.29) is 34.8 Å². The first kappa shape index (κ1) is 21.3. The average Bonchev–Trinajstić information content (AvgIpc) is 3.19. The molecule has 2 bridgehead atoms. The molecule has 3 fully saturated rings. The first-order valence-corrected chi connectivity index (χ1v) is 11.1. The molecule has 164 valence electrons. The SMILES string of the molecule is COCCC(=O)N[C@H]1C(C)(C)[C@@H]2C[C@@H]3[C@@H](c4ccc(NC(C)=O)cc4)OCCC31C2. The minimum Gasteiger partial charge on any atom is -0.384 e. The van der Waals surface area contributed by atoms with Gasteiger partial charge < -0.3 is 20.1 Å². The van der Waals surface area contributed by atoms with Crippen molar-refractivity contribution in [2.24, 2.45) is 22.7 Å². The Balaban J connectivity index is 1.58. The highest BCUT2D eigenvalue weighted by atomic mass is 16.5. The predicted octanol–water partition coefficient (Wildman–Crippen LogP) is 3.68. The fraction of sp³-hybridized carbons (Fsp3) is 0.667. The van der Waals surface area contributed by atoms with Crippen molar-refractivity contribution in [2.75, 3.05) is 25.6 Å². The highest BCUT2D eigenvalue weighted by Crippen LogP contribution is 2.70. The van der Waals surface area contributed by atoms with Gasteiger partial charge in [0.25, 0.3) is 0 Å². The van der Waals surface area contributed by atoms with Gasteiger partial charge in [0, 0.05) is 38.8 Å². The molecule has 1 aromatic rings. The predicted molar refractivity (Wildman–Crippen MR) is 115 cm³/mol. The van der Waals surface area contributed by atoms with Crippen LogP contribution in [0.2, 0.25) is 0 Å². The van der Waals surface area contributed by atoms with Crippen molar-refractivity contribution in [3.05, 3.63) is 29.8 Å². The lowest BCUT2D eigenvalue weighted by atomic mass is 9.59. The molecular weight excluding hydrogens is 380 g/mol. The van der Waals surface area contributed by atoms with Crippen molar-refractivity contribution in [1.29, 1.82) is 0 Å². The molecule has 1 unspecified atom stereocenters. The fourth-order valence-electron chi connectivity index (χ4n) is 6.50. The van der Waals surface area contributed by atoms with Crippen LogP contribution in [0.1, 0.15) is 58.1 Å². The monoisotopic (exact) mass is 414 g/mol. The van der Waals surface area contributed by atoms with Crippen LogP contribution >= 0.6 is 0 Å². The summed E-state index contributed by atoms with van der Waals surface area (Å²) in [5.74, 6) is 0.984. The standard InChI is InChI=1S/C24H34N2O4/c1-15(27)25-18-7-5-16(6-8-18)21-19-13-17-14-24(19,10-12-30-21)22(23(17,2)3)26-20(28)9-11-29-4/h5-8,17,19,21-22H,9-14H2,1-4H3,(H,25,27)(H,26,28)/t17-,19-,21-,22+,24?/m1/s1. The zero-order valence-corrected chi connectivity index (χ0v) is 18.5. The molecule has 2 N–H and O–H groups in total. The summed E-state index contributed by atoms with van der Waals surface area (Å²) in [6, 6.07) is 8.19. The highest BCUT2D eigenvalue weighted by Gasteiger charge is 2.68. The van der Waals surface area contributed by atoms with Gasteiger partial charge in [-0.1, -0.05) is 26.0 Å². The van der Waals surface area contributed by atoms with Gasteiger partial charge in [-0.2, -0.15) is 0 Å². The number of benzene rings is 1. The zero-order chi connectivity index (χ0) is 21.5. The van der Waals surface area contributed by atoms with Crippen molar-refractivity contribution >= 4 is 17.5 Å². The Hall–Kier alpha value is -1.92. The van der Waals surface area contributed by atoms with E-state index in [1.165, 1.54) is 6.92 Å². The summed E-state index contributed by atoms with van der Waals surface area (Å²) in [5, 5.41) is 6.23. The van der Waals surface area contributed by atoms with Crippen LogP contribution in [0.5, 0.6) is 0 Å². The zero-order valence-electron chi connectivity index (χ0n) is 18.5. The molecule has 4 rings (SSSR count). The molecule has 30 heavy (non-hydrogen) atoms. The fourth-order valence-corrected chi connectivity index (χ4v) is 6.50. The molecular formula is C24H34N2O4. The molecule has 2 aliphatic carbocycles. The normalized spacial score (nSPS) is 33.7. The van der Waals surface area contributed by atoms with Crippen molar-refractivity contribution in [3.63, 3.8) is 0 Å². The number of carbonyl (C=O) groups is 2. The molecule has 0 radical (unpaired) electrons. The van der Waals surface area contributed by atoms with Gasteiger partial charge in [0.05, 0.1) is 12.7 Å². The molecule has 3 aliphatic rings. The molecule has 2 amide bonds. The average molecular weight is 415 g/mol. The van der Waals surface area contributed by atoms with E-state index in [1.807, 2.05) is 12.1 Å². The van der Waals surface area contributed by atoms with Crippen LogP contribution in [-0.2, 0) is 19.1 Å². The van der Waals surface area contributed by atoms with Crippen LogP contribution < -0.4 is 10.6 Å². The summed E-state index contributed by atoms with van der Waals surface area (Å²) in [4.78, 5) is 23.9. The minimum atomic E-state index is -0.0713. The molecule has 1 spiro atoms. The van der Waals surface area contributed by atoms with Crippen LogP contribution in [-0.4, -0.2) is 38.2 Å². The van der Waals surface area contributed by atoms with E-state index in [4.69, 9.17) is 9.47 Å². The van der Waals surface area contributed by atoms with Crippen molar-refractivity contribution < 1.29 is 19.1 Å². The van der Waals surface area contributed by atoms with Gasteiger partial charge >= 0.3 is 0 Å². The van der Waals surface area contributed by atoms with Crippen LogP contribution in [0, 0.1) is 22.7 Å². The van der Waals surface area contributed by atoms with Gasteiger partial charge in [-0.3, -0.25) is 9.59 Å². The number of hydrogen-bond acceptors (Lipinski definition) is 4. The smallest absolute Gasteiger partial charge is 0.222 e. The summed E-state index contributed by atoms with van der Waals surface area (Å²) < 4.78 is 11.4. The maximum absolute atomic E-state index is 12.6. The van der Waals surface area contributed by atoms with E-state index in [2.05, 4.69) is 36.6 Å². The Bertz CT molecular complexity index is 806. The summed E-state index contributed by atoms with van der Waals surface area (Å²) in [7, 11) is 1.63. The first-order chi connectivity index (χ1) is 14.3. The molecule has 1 aliphatic heterocycles. The van der Waals surface area contributed by atoms with Crippen LogP contribution in [0.3, 0.4) is 0 Å². The number of ether oxygens (including phenoxy) is 2. The van der Waals surface area contributed by atoms with Crippen LogP contribution in [0.4, 0.5) is 5.69 Å². The van der Waals surface area contributed by atoms with Gasteiger partial charge in [-0.25, -0.2) is 0 Å². The molecule has 6 nitrogen and oxygen atoms in total. The lowest BCUT2D eigenvalue weighted by Gasteiger charge is -2.53. The van der Waals surface area contributed by atoms with Gasteiger partial charge in [-0.05, 0) is 59.6 Å². The van der Waals surface area contributed by atoms with Gasteiger partial charge in [0.1, 0.15) is 0 Å². The summed E-state index contributed by atoms with van der Waals surface area (Å²) in [6.07, 6.45) is 3.72. The maximum Gasteiger partial charge on any atom is 0.222 e. The van der Waals surface area contributed by atoms with E-state index in [0.717, 1.165) is 30.5 Å². The first-order valence-electron chi connectivity index (χ1n) is 11.1. The Kier molecular flexibility index (Phi) is 5.66. The Labute approximate surface area is 179 Å². The molecule has 1 saturated heterocycles. The van der Waals surface area contributed by atoms with E-state index in [1.54, 1.807) is 7.11 Å². The van der Waals surface area contributed by atoms with Crippen molar-refractivity contribution in [2.45, 2.75) is 58.6 Å². The molecule has 1 aromatic carbocycles. The van der Waals surface area contributed by atoms with E-state index in [9.17, 15) is 9.59 Å². The Morgan fingerprint density at radius 2 is 1.97 bits per heavy atom. The second-order valence-corrected chi connectivity index (χ2v) is 9.89.